The fourth-order valence-corrected chi connectivity index (χ4v) is 3.99. The first-order valence-corrected chi connectivity index (χ1v) is 8.92. The number of aromatic nitrogens is 2. The molecule has 0 atom stereocenters. The zero-order valence-electron chi connectivity index (χ0n) is 14.1. The second kappa shape index (κ2) is 7.32. The smallest absolute Gasteiger partial charge is 0.192 e. The van der Waals surface area contributed by atoms with E-state index in [0.29, 0.717) is 6.04 Å². The van der Waals surface area contributed by atoms with E-state index in [2.05, 4.69) is 59.0 Å². The molecule has 1 saturated heterocycles. The number of hydrogen-bond acceptors (Lipinski definition) is 5. The lowest BCUT2D eigenvalue weighted by Gasteiger charge is -2.37. The molecule has 0 N–H and O–H groups in total. The lowest BCUT2D eigenvalue weighted by Crippen LogP contribution is -2.42. The molecule has 0 aliphatic carbocycles. The van der Waals surface area contributed by atoms with Crippen molar-refractivity contribution in [2.75, 3.05) is 32.1 Å². The maximum Gasteiger partial charge on any atom is 0.192 e. The summed E-state index contributed by atoms with van der Waals surface area (Å²) < 4.78 is 0. The van der Waals surface area contributed by atoms with Crippen LogP contribution in [0.15, 0.2) is 46.7 Å². The van der Waals surface area contributed by atoms with Crippen LogP contribution in [-0.4, -0.2) is 48.1 Å². The number of aryl methyl sites for hydroxylation is 1. The van der Waals surface area contributed by atoms with Crippen LogP contribution in [0.5, 0.6) is 0 Å². The first kappa shape index (κ1) is 16.3. The van der Waals surface area contributed by atoms with Crippen LogP contribution in [-0.2, 0) is 0 Å². The van der Waals surface area contributed by atoms with Gasteiger partial charge in [0, 0.05) is 36.4 Å². The number of nitrogens with zero attached hydrogens (tertiary/aromatic N) is 4. The Hall–Kier alpha value is -1.59. The zero-order chi connectivity index (χ0) is 16.2. The third-order valence-electron chi connectivity index (χ3n) is 4.39. The van der Waals surface area contributed by atoms with E-state index >= 15 is 0 Å². The number of piperidine rings is 1. The molecule has 1 aliphatic rings. The van der Waals surface area contributed by atoms with Gasteiger partial charge < -0.3 is 9.80 Å². The van der Waals surface area contributed by atoms with Gasteiger partial charge in [-0.2, -0.15) is 0 Å². The molecule has 3 rings (SSSR count). The fraction of sp³-hybridized carbons (Fsp3) is 0.444. The predicted molar refractivity (Wildman–Crippen MR) is 96.3 cm³/mol. The Morgan fingerprint density at radius 3 is 2.48 bits per heavy atom. The standard InChI is InChI=1S/C18H24N4S/c1-14-5-6-16(22-11-7-15(8-12-22)21(2)3)17(13-14)23-18-19-9-4-10-20-18/h4-6,9-10,13,15H,7-8,11-12H2,1-3H3. The van der Waals surface area contributed by atoms with Gasteiger partial charge in [-0.15, -0.1) is 0 Å². The summed E-state index contributed by atoms with van der Waals surface area (Å²) in [6.07, 6.45) is 6.03. The van der Waals surface area contributed by atoms with Crippen LogP contribution >= 0.6 is 11.8 Å². The molecule has 0 amide bonds. The molecule has 23 heavy (non-hydrogen) atoms. The highest BCUT2D eigenvalue weighted by molar-refractivity contribution is 7.99. The molecular weight excluding hydrogens is 304 g/mol. The average Bonchev–Trinajstić information content (AvgIpc) is 2.56. The second-order valence-corrected chi connectivity index (χ2v) is 7.30. The largest absolute Gasteiger partial charge is 0.371 e. The molecule has 1 aromatic carbocycles. The molecule has 0 spiro atoms. The summed E-state index contributed by atoms with van der Waals surface area (Å²) >= 11 is 1.65. The average molecular weight is 328 g/mol. The summed E-state index contributed by atoms with van der Waals surface area (Å²) in [6.45, 7) is 4.35. The number of anilines is 1. The predicted octanol–water partition coefficient (Wildman–Crippen LogP) is 3.47. The lowest BCUT2D eigenvalue weighted by atomic mass is 10.0. The lowest BCUT2D eigenvalue weighted by molar-refractivity contribution is 0.249. The molecule has 0 unspecified atom stereocenters. The van der Waals surface area contributed by atoms with Crippen LogP contribution in [0.3, 0.4) is 0 Å². The van der Waals surface area contributed by atoms with Crippen molar-refractivity contribution in [1.29, 1.82) is 0 Å². The minimum absolute atomic E-state index is 0.699. The van der Waals surface area contributed by atoms with Crippen molar-refractivity contribution in [2.45, 2.75) is 35.9 Å². The number of rotatable bonds is 4. The van der Waals surface area contributed by atoms with Crippen LogP contribution in [0.25, 0.3) is 0 Å². The SMILES string of the molecule is Cc1ccc(N2CCC(N(C)C)CC2)c(Sc2ncccn2)c1. The van der Waals surface area contributed by atoms with Crippen molar-refractivity contribution in [1.82, 2.24) is 14.9 Å². The van der Waals surface area contributed by atoms with Crippen molar-refractivity contribution in [2.24, 2.45) is 0 Å². The van der Waals surface area contributed by atoms with Crippen LogP contribution in [0.2, 0.25) is 0 Å². The number of benzene rings is 1. The molecule has 1 fully saturated rings. The van der Waals surface area contributed by atoms with E-state index in [1.54, 1.807) is 24.2 Å². The van der Waals surface area contributed by atoms with Gasteiger partial charge in [0.25, 0.3) is 0 Å². The zero-order valence-corrected chi connectivity index (χ0v) is 14.9. The first-order chi connectivity index (χ1) is 11.1. The molecule has 2 aromatic rings. The van der Waals surface area contributed by atoms with Crippen molar-refractivity contribution >= 4 is 17.4 Å². The van der Waals surface area contributed by atoms with Crippen LogP contribution in [0.1, 0.15) is 18.4 Å². The summed E-state index contributed by atoms with van der Waals surface area (Å²) in [7, 11) is 4.36. The highest BCUT2D eigenvalue weighted by Gasteiger charge is 2.22. The Balaban J connectivity index is 1.80. The van der Waals surface area contributed by atoms with Gasteiger partial charge in [0.05, 0.1) is 5.69 Å². The van der Waals surface area contributed by atoms with Gasteiger partial charge in [-0.25, -0.2) is 9.97 Å². The molecule has 0 bridgehead atoms. The summed E-state index contributed by atoms with van der Waals surface area (Å²) in [5.74, 6) is 0. The van der Waals surface area contributed by atoms with Crippen LogP contribution in [0.4, 0.5) is 5.69 Å². The van der Waals surface area contributed by atoms with Crippen molar-refractivity contribution in [3.8, 4) is 0 Å². The van der Waals surface area contributed by atoms with Gasteiger partial charge in [-0.05, 0) is 69.4 Å². The van der Waals surface area contributed by atoms with E-state index in [-0.39, 0.29) is 0 Å². The van der Waals surface area contributed by atoms with Gasteiger partial charge in [0.2, 0.25) is 0 Å². The minimum Gasteiger partial charge on any atom is -0.371 e. The van der Waals surface area contributed by atoms with Gasteiger partial charge in [-0.1, -0.05) is 6.07 Å². The molecule has 122 valence electrons. The molecule has 4 nitrogen and oxygen atoms in total. The van der Waals surface area contributed by atoms with Gasteiger partial charge in [0.1, 0.15) is 0 Å². The summed E-state index contributed by atoms with van der Waals surface area (Å²) in [5, 5.41) is 0.808. The Morgan fingerprint density at radius 2 is 1.83 bits per heavy atom. The molecule has 5 heteroatoms. The molecule has 2 heterocycles. The Morgan fingerprint density at radius 1 is 1.13 bits per heavy atom. The monoisotopic (exact) mass is 328 g/mol. The maximum atomic E-state index is 4.35. The molecular formula is C18H24N4S. The van der Waals surface area contributed by atoms with E-state index < -0.39 is 0 Å². The van der Waals surface area contributed by atoms with Gasteiger partial charge >= 0.3 is 0 Å². The highest BCUT2D eigenvalue weighted by Crippen LogP contribution is 2.35. The van der Waals surface area contributed by atoms with E-state index in [0.717, 1.165) is 18.2 Å². The summed E-state index contributed by atoms with van der Waals surface area (Å²) in [4.78, 5) is 14.8. The Labute approximate surface area is 142 Å². The topological polar surface area (TPSA) is 32.3 Å². The van der Waals surface area contributed by atoms with Crippen molar-refractivity contribution < 1.29 is 0 Å². The van der Waals surface area contributed by atoms with Crippen molar-refractivity contribution in [3.63, 3.8) is 0 Å². The van der Waals surface area contributed by atoms with Crippen molar-refractivity contribution in [3.05, 3.63) is 42.2 Å². The number of hydrogen-bond donors (Lipinski definition) is 0. The molecule has 1 aromatic heterocycles. The summed E-state index contributed by atoms with van der Waals surface area (Å²) in [6, 6.07) is 9.24. The van der Waals surface area contributed by atoms with Gasteiger partial charge in [0.15, 0.2) is 5.16 Å². The summed E-state index contributed by atoms with van der Waals surface area (Å²) in [5.41, 5.74) is 2.58. The maximum absolute atomic E-state index is 4.35. The first-order valence-electron chi connectivity index (χ1n) is 8.10. The highest BCUT2D eigenvalue weighted by atomic mass is 32.2. The van der Waals surface area contributed by atoms with Crippen LogP contribution < -0.4 is 4.90 Å². The minimum atomic E-state index is 0.699. The van der Waals surface area contributed by atoms with E-state index in [9.17, 15) is 0 Å². The third-order valence-corrected chi connectivity index (χ3v) is 5.33. The normalized spacial score (nSPS) is 16.1. The Bertz CT molecular complexity index is 637. The second-order valence-electron chi connectivity index (χ2n) is 6.29. The fourth-order valence-electron chi connectivity index (χ4n) is 3.02. The third kappa shape index (κ3) is 4.03. The molecule has 0 saturated carbocycles. The van der Waals surface area contributed by atoms with E-state index in [4.69, 9.17) is 0 Å². The Kier molecular flexibility index (Phi) is 5.18. The quantitative estimate of drug-likeness (QED) is 0.803. The van der Waals surface area contributed by atoms with E-state index in [1.807, 2.05) is 6.07 Å². The van der Waals surface area contributed by atoms with E-state index in [1.165, 1.54) is 29.0 Å². The van der Waals surface area contributed by atoms with Crippen LogP contribution in [0, 0.1) is 6.92 Å². The molecule has 0 radical (unpaired) electrons. The molecule has 1 aliphatic heterocycles. The van der Waals surface area contributed by atoms with Gasteiger partial charge in [-0.3, -0.25) is 0 Å².